The molecule has 1 fully saturated rings. The summed E-state index contributed by atoms with van der Waals surface area (Å²) in [7, 11) is 0. The minimum absolute atomic E-state index is 0.00687. The SMILES string of the molecule is O=C(CCNC(=O)c1ccc2ccccc2c1)NCCC1CCCNC1. The van der Waals surface area contributed by atoms with E-state index in [2.05, 4.69) is 16.0 Å². The number of nitrogens with one attached hydrogen (secondary N) is 3. The van der Waals surface area contributed by atoms with Gasteiger partial charge in [0.1, 0.15) is 0 Å². The molecule has 138 valence electrons. The van der Waals surface area contributed by atoms with Gasteiger partial charge in [-0.15, -0.1) is 0 Å². The third-order valence-electron chi connectivity index (χ3n) is 4.92. The van der Waals surface area contributed by atoms with Crippen molar-refractivity contribution in [2.45, 2.75) is 25.7 Å². The van der Waals surface area contributed by atoms with E-state index in [1.54, 1.807) is 0 Å². The Kier molecular flexibility index (Phi) is 6.61. The standard InChI is InChI=1S/C21H27N3O2/c25-20(23-12-9-16-4-3-11-22-15-16)10-13-24-21(26)19-8-7-17-5-1-2-6-18(17)14-19/h1-2,5-8,14,16,22H,3-4,9-13,15H2,(H,23,25)(H,24,26). The van der Waals surface area contributed by atoms with E-state index in [1.807, 2.05) is 42.5 Å². The van der Waals surface area contributed by atoms with Crippen LogP contribution in [-0.2, 0) is 4.79 Å². The summed E-state index contributed by atoms with van der Waals surface area (Å²) >= 11 is 0. The molecule has 3 rings (SSSR count). The number of carbonyl (C=O) groups is 2. The molecule has 1 heterocycles. The topological polar surface area (TPSA) is 70.2 Å². The van der Waals surface area contributed by atoms with Crippen molar-refractivity contribution in [3.05, 3.63) is 48.0 Å². The van der Waals surface area contributed by atoms with E-state index < -0.39 is 0 Å². The van der Waals surface area contributed by atoms with Crippen molar-refractivity contribution in [2.24, 2.45) is 5.92 Å². The molecule has 2 amide bonds. The van der Waals surface area contributed by atoms with Gasteiger partial charge in [0.2, 0.25) is 5.91 Å². The zero-order valence-corrected chi connectivity index (χ0v) is 15.1. The Morgan fingerprint density at radius 3 is 2.69 bits per heavy atom. The predicted molar refractivity (Wildman–Crippen MR) is 104 cm³/mol. The van der Waals surface area contributed by atoms with Crippen LogP contribution in [0.2, 0.25) is 0 Å². The van der Waals surface area contributed by atoms with Crippen LogP contribution in [0, 0.1) is 5.92 Å². The molecule has 1 unspecified atom stereocenters. The highest BCUT2D eigenvalue weighted by Crippen LogP contribution is 2.15. The smallest absolute Gasteiger partial charge is 0.251 e. The van der Waals surface area contributed by atoms with Gasteiger partial charge in [-0.1, -0.05) is 30.3 Å². The van der Waals surface area contributed by atoms with Gasteiger partial charge in [0.15, 0.2) is 0 Å². The molecule has 1 aliphatic heterocycles. The maximum absolute atomic E-state index is 12.2. The van der Waals surface area contributed by atoms with Gasteiger partial charge in [-0.3, -0.25) is 9.59 Å². The van der Waals surface area contributed by atoms with Crippen LogP contribution < -0.4 is 16.0 Å². The number of rotatable bonds is 7. The average Bonchev–Trinajstić information content (AvgIpc) is 2.68. The molecule has 0 aliphatic carbocycles. The lowest BCUT2D eigenvalue weighted by Crippen LogP contribution is -2.34. The third kappa shape index (κ3) is 5.30. The zero-order chi connectivity index (χ0) is 18.2. The Hall–Kier alpha value is -2.40. The Balaban J connectivity index is 1.36. The van der Waals surface area contributed by atoms with Crippen molar-refractivity contribution in [3.8, 4) is 0 Å². The van der Waals surface area contributed by atoms with E-state index in [4.69, 9.17) is 0 Å². The highest BCUT2D eigenvalue weighted by molar-refractivity contribution is 5.98. The predicted octanol–water partition coefficient (Wildman–Crippen LogP) is 2.47. The van der Waals surface area contributed by atoms with Gasteiger partial charge in [0, 0.05) is 25.1 Å². The summed E-state index contributed by atoms with van der Waals surface area (Å²) in [6.45, 7) is 3.23. The van der Waals surface area contributed by atoms with Crippen molar-refractivity contribution in [1.29, 1.82) is 0 Å². The van der Waals surface area contributed by atoms with Crippen LogP contribution in [0.15, 0.2) is 42.5 Å². The van der Waals surface area contributed by atoms with Crippen molar-refractivity contribution in [1.82, 2.24) is 16.0 Å². The van der Waals surface area contributed by atoms with Gasteiger partial charge in [-0.25, -0.2) is 0 Å². The summed E-state index contributed by atoms with van der Waals surface area (Å²) in [4.78, 5) is 24.1. The van der Waals surface area contributed by atoms with Crippen LogP contribution in [0.4, 0.5) is 0 Å². The van der Waals surface area contributed by atoms with Crippen molar-refractivity contribution in [3.63, 3.8) is 0 Å². The second-order valence-corrected chi connectivity index (χ2v) is 6.92. The van der Waals surface area contributed by atoms with Crippen molar-refractivity contribution >= 4 is 22.6 Å². The number of hydrogen-bond acceptors (Lipinski definition) is 3. The fourth-order valence-electron chi connectivity index (χ4n) is 3.40. The van der Waals surface area contributed by atoms with Crippen molar-refractivity contribution < 1.29 is 9.59 Å². The first kappa shape index (κ1) is 18.4. The Bertz CT molecular complexity index is 754. The number of hydrogen-bond donors (Lipinski definition) is 3. The maximum atomic E-state index is 12.2. The Morgan fingerprint density at radius 1 is 1.04 bits per heavy atom. The van der Waals surface area contributed by atoms with Crippen LogP contribution >= 0.6 is 0 Å². The number of piperidine rings is 1. The second-order valence-electron chi connectivity index (χ2n) is 6.92. The van der Waals surface area contributed by atoms with E-state index in [0.717, 1.165) is 30.3 Å². The molecule has 3 N–H and O–H groups in total. The normalized spacial score (nSPS) is 17.0. The van der Waals surface area contributed by atoms with Gasteiger partial charge in [-0.2, -0.15) is 0 Å². The lowest BCUT2D eigenvalue weighted by atomic mass is 9.96. The summed E-state index contributed by atoms with van der Waals surface area (Å²) in [5.41, 5.74) is 0.619. The van der Waals surface area contributed by atoms with E-state index in [0.29, 0.717) is 31.0 Å². The number of fused-ring (bicyclic) bond motifs is 1. The summed E-state index contributed by atoms with van der Waals surface area (Å²) in [5.74, 6) is 0.515. The lowest BCUT2D eigenvalue weighted by Gasteiger charge is -2.22. The molecule has 1 atom stereocenters. The molecular formula is C21H27N3O2. The van der Waals surface area contributed by atoms with Crippen LogP contribution in [0.1, 0.15) is 36.0 Å². The highest BCUT2D eigenvalue weighted by atomic mass is 16.2. The van der Waals surface area contributed by atoms with Crippen LogP contribution in [0.25, 0.3) is 10.8 Å². The summed E-state index contributed by atoms with van der Waals surface area (Å²) in [5, 5.41) is 11.3. The number of benzene rings is 2. The molecule has 0 bridgehead atoms. The van der Waals surface area contributed by atoms with Gasteiger partial charge >= 0.3 is 0 Å². The van der Waals surface area contributed by atoms with Gasteiger partial charge in [-0.05, 0) is 61.2 Å². The second kappa shape index (κ2) is 9.34. The van der Waals surface area contributed by atoms with Crippen molar-refractivity contribution in [2.75, 3.05) is 26.2 Å². The minimum atomic E-state index is -0.142. The first-order chi connectivity index (χ1) is 12.7. The van der Waals surface area contributed by atoms with Gasteiger partial charge in [0.05, 0.1) is 0 Å². The quantitative estimate of drug-likeness (QED) is 0.716. The molecule has 26 heavy (non-hydrogen) atoms. The lowest BCUT2D eigenvalue weighted by molar-refractivity contribution is -0.121. The monoisotopic (exact) mass is 353 g/mol. The molecule has 2 aromatic rings. The maximum Gasteiger partial charge on any atom is 0.251 e. The first-order valence-corrected chi connectivity index (χ1v) is 9.47. The molecule has 5 heteroatoms. The van der Waals surface area contributed by atoms with Crippen LogP contribution in [0.5, 0.6) is 0 Å². The molecule has 1 aliphatic rings. The summed E-state index contributed by atoms with van der Waals surface area (Å²) in [6, 6.07) is 13.6. The number of carbonyl (C=O) groups excluding carboxylic acids is 2. The molecule has 0 aromatic heterocycles. The van der Waals surface area contributed by atoms with Gasteiger partial charge < -0.3 is 16.0 Å². The molecule has 0 spiro atoms. The van der Waals surface area contributed by atoms with E-state index >= 15 is 0 Å². The Labute approximate surface area is 154 Å². The first-order valence-electron chi connectivity index (χ1n) is 9.47. The van der Waals surface area contributed by atoms with E-state index in [9.17, 15) is 9.59 Å². The molecule has 0 saturated carbocycles. The molecule has 0 radical (unpaired) electrons. The fraction of sp³-hybridized carbons (Fsp3) is 0.429. The number of amides is 2. The van der Waals surface area contributed by atoms with Gasteiger partial charge in [0.25, 0.3) is 5.91 Å². The fourth-order valence-corrected chi connectivity index (χ4v) is 3.40. The summed E-state index contributed by atoms with van der Waals surface area (Å²) < 4.78 is 0. The third-order valence-corrected chi connectivity index (χ3v) is 4.92. The molecule has 1 saturated heterocycles. The molecule has 2 aromatic carbocycles. The van der Waals surface area contributed by atoms with Crippen LogP contribution in [-0.4, -0.2) is 38.0 Å². The minimum Gasteiger partial charge on any atom is -0.356 e. The largest absolute Gasteiger partial charge is 0.356 e. The zero-order valence-electron chi connectivity index (χ0n) is 15.1. The highest BCUT2D eigenvalue weighted by Gasteiger charge is 2.13. The summed E-state index contributed by atoms with van der Waals surface area (Å²) in [6.07, 6.45) is 3.79. The average molecular weight is 353 g/mol. The van der Waals surface area contributed by atoms with Crippen LogP contribution in [0.3, 0.4) is 0 Å². The van der Waals surface area contributed by atoms with E-state index in [1.165, 1.54) is 12.8 Å². The molecular weight excluding hydrogens is 326 g/mol. The molecule has 5 nitrogen and oxygen atoms in total. The van der Waals surface area contributed by atoms with E-state index in [-0.39, 0.29) is 11.8 Å². The Morgan fingerprint density at radius 2 is 1.88 bits per heavy atom.